The molecule has 0 N–H and O–H groups in total. The molecule has 9 rings (SSSR count). The van der Waals surface area contributed by atoms with Crippen LogP contribution < -0.4 is 4.90 Å². The lowest BCUT2D eigenvalue weighted by Gasteiger charge is -2.34. The molecule has 0 aliphatic heterocycles. The van der Waals surface area contributed by atoms with Crippen LogP contribution in [0.4, 0.5) is 17.1 Å². The summed E-state index contributed by atoms with van der Waals surface area (Å²) in [6.45, 7) is 4.13. The van der Waals surface area contributed by atoms with Crippen LogP contribution in [0, 0.1) is 0 Å². The van der Waals surface area contributed by atoms with Crippen LogP contribution in [0.5, 0.6) is 0 Å². The summed E-state index contributed by atoms with van der Waals surface area (Å²) in [6.07, 6.45) is 0. The summed E-state index contributed by atoms with van der Waals surface area (Å²) in [5.41, 5.74) is 14.4. The third kappa shape index (κ3) is 6.48. The van der Waals surface area contributed by atoms with Crippen molar-refractivity contribution in [1.82, 2.24) is 0 Å². The maximum absolute atomic E-state index is 3.76. The van der Waals surface area contributed by atoms with Crippen molar-refractivity contribution in [3.63, 3.8) is 0 Å². The minimum absolute atomic E-state index is 0.401. The summed E-state index contributed by atoms with van der Waals surface area (Å²) in [5.74, 6) is 0. The van der Waals surface area contributed by atoms with Crippen LogP contribution in [-0.2, 0) is 12.0 Å². The van der Waals surface area contributed by atoms with E-state index in [0.717, 1.165) is 23.6 Å². The van der Waals surface area contributed by atoms with Gasteiger partial charge in [0.15, 0.2) is 0 Å². The van der Waals surface area contributed by atoms with Crippen molar-refractivity contribution in [3.05, 3.63) is 246 Å². The predicted octanol–water partition coefficient (Wildman–Crippen LogP) is 13.1. The number of rotatable bonds is 8. The third-order valence-corrected chi connectivity index (χ3v) is 10.1. The average Bonchev–Trinajstić information content (AvgIpc) is 3.54. The minimum Gasteiger partial charge on any atom is -0.311 e. The number of para-hydroxylation sites is 1. The molecule has 0 spiro atoms. The first-order chi connectivity index (χ1) is 26.3. The van der Waals surface area contributed by atoms with Crippen LogP contribution in [0.1, 0.15) is 27.8 Å². The van der Waals surface area contributed by atoms with E-state index in [1.54, 1.807) is 0 Å². The Morgan fingerprint density at radius 1 is 0.377 bits per heavy atom. The number of fused-ring (bicyclic) bond motifs is 3. The van der Waals surface area contributed by atoms with Gasteiger partial charge in [0.25, 0.3) is 0 Å². The summed E-state index contributed by atoms with van der Waals surface area (Å²) in [7, 11) is 0. The smallest absolute Gasteiger partial charge is 0.0713 e. The molecule has 0 bridgehead atoms. The van der Waals surface area contributed by atoms with Gasteiger partial charge >= 0.3 is 0 Å². The molecule has 0 radical (unpaired) electrons. The summed E-state index contributed by atoms with van der Waals surface area (Å²) in [6, 6.07) is 78.1. The number of nitrogens with zero attached hydrogens (tertiary/aromatic N) is 2. The van der Waals surface area contributed by atoms with Gasteiger partial charge in [-0.1, -0.05) is 182 Å². The van der Waals surface area contributed by atoms with E-state index in [9.17, 15) is 0 Å². The Labute approximate surface area is 313 Å². The highest BCUT2D eigenvalue weighted by molar-refractivity contribution is 5.87. The molecule has 8 aromatic rings. The van der Waals surface area contributed by atoms with Gasteiger partial charge < -0.3 is 4.90 Å². The van der Waals surface area contributed by atoms with Crippen molar-refractivity contribution in [3.8, 4) is 22.3 Å². The number of hydrogen-bond acceptors (Lipinski definition) is 2. The largest absolute Gasteiger partial charge is 0.311 e. The molecule has 0 aromatic heterocycles. The Morgan fingerprint density at radius 3 is 1.32 bits per heavy atom. The molecular formula is C51H40N2. The van der Waals surface area contributed by atoms with Crippen molar-refractivity contribution in [2.24, 2.45) is 4.99 Å². The normalized spacial score (nSPS) is 12.1. The Balaban J connectivity index is 0.000000391. The van der Waals surface area contributed by atoms with E-state index < -0.39 is 5.41 Å². The zero-order valence-corrected chi connectivity index (χ0v) is 29.6. The van der Waals surface area contributed by atoms with Crippen molar-refractivity contribution in [2.75, 3.05) is 4.90 Å². The highest BCUT2D eigenvalue weighted by Crippen LogP contribution is 2.56. The van der Waals surface area contributed by atoms with Crippen LogP contribution in [0.3, 0.4) is 0 Å². The van der Waals surface area contributed by atoms with Crippen molar-refractivity contribution >= 4 is 23.8 Å². The Morgan fingerprint density at radius 2 is 0.774 bits per heavy atom. The van der Waals surface area contributed by atoms with Gasteiger partial charge in [-0.15, -0.1) is 0 Å². The van der Waals surface area contributed by atoms with Gasteiger partial charge in [-0.05, 0) is 93.2 Å². The predicted molar refractivity (Wildman–Crippen MR) is 224 cm³/mol. The van der Waals surface area contributed by atoms with Crippen molar-refractivity contribution in [2.45, 2.75) is 12.0 Å². The Bertz CT molecular complexity index is 2360. The van der Waals surface area contributed by atoms with Crippen molar-refractivity contribution in [1.29, 1.82) is 0 Å². The molecule has 254 valence electrons. The van der Waals surface area contributed by atoms with Gasteiger partial charge in [0, 0.05) is 17.1 Å². The second kappa shape index (κ2) is 15.2. The van der Waals surface area contributed by atoms with Crippen LogP contribution >= 0.6 is 0 Å². The molecule has 0 fully saturated rings. The van der Waals surface area contributed by atoms with Gasteiger partial charge in [-0.3, -0.25) is 4.99 Å². The Hall–Kier alpha value is -6.77. The van der Waals surface area contributed by atoms with E-state index in [0.29, 0.717) is 0 Å². The summed E-state index contributed by atoms with van der Waals surface area (Å²) >= 11 is 0. The van der Waals surface area contributed by atoms with E-state index in [4.69, 9.17) is 0 Å². The van der Waals surface area contributed by atoms with Gasteiger partial charge in [0.05, 0.1) is 12.0 Å². The molecule has 0 heterocycles. The lowest BCUT2D eigenvalue weighted by atomic mass is 9.68. The van der Waals surface area contributed by atoms with Gasteiger partial charge in [-0.25, -0.2) is 0 Å². The lowest BCUT2D eigenvalue weighted by Crippen LogP contribution is -2.28. The molecule has 1 aliphatic carbocycles. The summed E-state index contributed by atoms with van der Waals surface area (Å²) in [4.78, 5) is 6.09. The number of anilines is 3. The fourth-order valence-corrected chi connectivity index (χ4v) is 7.74. The molecular weight excluding hydrogens is 641 g/mol. The molecule has 0 amide bonds. The molecule has 0 saturated carbocycles. The quantitative estimate of drug-likeness (QED) is 0.146. The van der Waals surface area contributed by atoms with E-state index in [1.807, 2.05) is 30.3 Å². The fourth-order valence-electron chi connectivity index (χ4n) is 7.74. The van der Waals surface area contributed by atoms with Crippen LogP contribution in [0.15, 0.2) is 223 Å². The highest BCUT2D eigenvalue weighted by Gasteiger charge is 2.45. The van der Waals surface area contributed by atoms with E-state index in [-0.39, 0.29) is 0 Å². The van der Waals surface area contributed by atoms with Gasteiger partial charge in [0.2, 0.25) is 0 Å². The topological polar surface area (TPSA) is 15.6 Å². The first-order valence-electron chi connectivity index (χ1n) is 18.1. The van der Waals surface area contributed by atoms with E-state index in [1.165, 1.54) is 50.1 Å². The molecule has 1 aliphatic rings. The molecule has 2 nitrogen and oxygen atoms in total. The second-order valence-corrected chi connectivity index (χ2v) is 13.2. The van der Waals surface area contributed by atoms with E-state index >= 15 is 0 Å². The summed E-state index contributed by atoms with van der Waals surface area (Å²) < 4.78 is 0. The maximum atomic E-state index is 3.76. The van der Waals surface area contributed by atoms with Crippen LogP contribution in [0.25, 0.3) is 22.3 Å². The van der Waals surface area contributed by atoms with Crippen LogP contribution in [0.2, 0.25) is 0 Å². The molecule has 0 unspecified atom stereocenters. The molecule has 0 atom stereocenters. The monoisotopic (exact) mass is 680 g/mol. The van der Waals surface area contributed by atoms with Gasteiger partial charge in [-0.2, -0.15) is 0 Å². The zero-order valence-electron chi connectivity index (χ0n) is 29.6. The number of aliphatic imine (C=N–C) groups is 1. The zero-order chi connectivity index (χ0) is 35.9. The second-order valence-electron chi connectivity index (χ2n) is 13.2. The minimum atomic E-state index is -0.401. The summed E-state index contributed by atoms with van der Waals surface area (Å²) in [5, 5.41) is 0. The average molecular weight is 681 g/mol. The Kier molecular flexibility index (Phi) is 9.59. The highest BCUT2D eigenvalue weighted by atomic mass is 15.1. The first-order valence-corrected chi connectivity index (χ1v) is 18.1. The SMILES string of the molecule is C=NCc1ccccc1.c1ccc(-c2ccc(N(c3ccccc3)c3ccc(C4(c5ccccc5)c5ccccc5-c5ccccc54)cc3)cc2)cc1. The van der Waals surface area contributed by atoms with E-state index in [2.05, 4.69) is 205 Å². The number of hydrogen-bond donors (Lipinski definition) is 0. The lowest BCUT2D eigenvalue weighted by molar-refractivity contribution is 0.768. The molecule has 8 aromatic carbocycles. The molecule has 53 heavy (non-hydrogen) atoms. The fraction of sp³-hybridized carbons (Fsp3) is 0.0392. The standard InChI is InChI=1S/C43H31N.C8H9N/c1-4-14-32(15-5-1)33-24-28-37(29-25-33)44(36-18-8-3-9-19-36)38-30-26-35(27-31-38)43(34-16-6-2-7-17-34)41-22-12-10-20-39(41)40-21-11-13-23-42(40)43;1-9-7-8-5-3-2-4-6-8/h1-31H;2-6H,1,7H2. The third-order valence-electron chi connectivity index (χ3n) is 10.1. The molecule has 2 heteroatoms. The maximum Gasteiger partial charge on any atom is 0.0713 e. The van der Waals surface area contributed by atoms with Crippen LogP contribution in [-0.4, -0.2) is 6.72 Å². The van der Waals surface area contributed by atoms with Crippen molar-refractivity contribution < 1.29 is 0 Å². The number of benzene rings is 8. The first kappa shape index (κ1) is 33.4. The molecule has 0 saturated heterocycles. The van der Waals surface area contributed by atoms with Gasteiger partial charge in [0.1, 0.15) is 0 Å².